The van der Waals surface area contributed by atoms with Gasteiger partial charge in [-0.05, 0) is 25.0 Å². The summed E-state index contributed by atoms with van der Waals surface area (Å²) in [7, 11) is 0. The quantitative estimate of drug-likeness (QED) is 0.299. The fourth-order valence-electron chi connectivity index (χ4n) is 1.44. The van der Waals surface area contributed by atoms with Crippen molar-refractivity contribution in [3.8, 4) is 0 Å². The average molecular weight is 224 g/mol. The fraction of sp³-hybridized carbons (Fsp3) is 0.909. The number of carboxylic acids is 1. The van der Waals surface area contributed by atoms with Gasteiger partial charge in [-0.1, -0.05) is 38.5 Å². The van der Waals surface area contributed by atoms with Gasteiger partial charge in [-0.3, -0.25) is 0 Å². The van der Waals surface area contributed by atoms with Crippen LogP contribution >= 0.6 is 12.6 Å². The Morgan fingerprint density at radius 2 is 1.27 bits per heavy atom. The van der Waals surface area contributed by atoms with Crippen molar-refractivity contribution in [3.63, 3.8) is 0 Å². The zero-order valence-corrected chi connectivity index (χ0v) is 10.7. The largest absolute Gasteiger partial charge is 1.00 e. The predicted octanol–water partition coefficient (Wildman–Crippen LogP) is -0.819. The maximum Gasteiger partial charge on any atom is 1.00 e. The van der Waals surface area contributed by atoms with Crippen LogP contribution in [0.1, 0.15) is 57.8 Å². The van der Waals surface area contributed by atoms with Crippen LogP contribution < -0.4 is 24.0 Å². The summed E-state index contributed by atoms with van der Waals surface area (Å²) in [4.78, 5) is 10.1. The van der Waals surface area contributed by atoms with Crippen molar-refractivity contribution in [1.29, 1.82) is 0 Å². The SMILES string of the molecule is O=C([O-])CCCCCCCCCCS.[Li+]. The molecule has 15 heavy (non-hydrogen) atoms. The van der Waals surface area contributed by atoms with Crippen molar-refractivity contribution >= 4 is 18.6 Å². The topological polar surface area (TPSA) is 40.1 Å². The zero-order chi connectivity index (χ0) is 10.6. The first-order valence-electron chi connectivity index (χ1n) is 5.58. The molecule has 0 N–H and O–H groups in total. The summed E-state index contributed by atoms with van der Waals surface area (Å²) >= 11 is 4.15. The minimum atomic E-state index is -0.918. The Kier molecular flexibility index (Phi) is 17.1. The molecular formula is C11H21LiO2S. The van der Waals surface area contributed by atoms with E-state index in [1.165, 1.54) is 32.1 Å². The van der Waals surface area contributed by atoms with E-state index in [4.69, 9.17) is 0 Å². The van der Waals surface area contributed by atoms with Crippen molar-refractivity contribution in [2.75, 3.05) is 5.75 Å². The van der Waals surface area contributed by atoms with Gasteiger partial charge in [-0.2, -0.15) is 12.6 Å². The molecule has 0 spiro atoms. The van der Waals surface area contributed by atoms with Gasteiger partial charge in [0.25, 0.3) is 0 Å². The number of carbonyl (C=O) groups excluding carboxylic acids is 1. The van der Waals surface area contributed by atoms with E-state index in [2.05, 4.69) is 12.6 Å². The first kappa shape index (κ1) is 17.8. The van der Waals surface area contributed by atoms with E-state index in [-0.39, 0.29) is 25.3 Å². The Morgan fingerprint density at radius 3 is 1.67 bits per heavy atom. The van der Waals surface area contributed by atoms with E-state index in [0.717, 1.165) is 25.0 Å². The summed E-state index contributed by atoms with van der Waals surface area (Å²) in [5.74, 6) is 0.0739. The molecule has 0 amide bonds. The molecule has 0 rings (SSSR count). The van der Waals surface area contributed by atoms with E-state index in [0.29, 0.717) is 0 Å². The summed E-state index contributed by atoms with van der Waals surface area (Å²) in [6, 6.07) is 0. The Labute approximate surface area is 111 Å². The Morgan fingerprint density at radius 1 is 0.867 bits per heavy atom. The number of hydrogen-bond acceptors (Lipinski definition) is 3. The molecule has 0 unspecified atom stereocenters. The molecule has 0 saturated heterocycles. The third-order valence-corrected chi connectivity index (χ3v) is 2.61. The number of thiol groups is 1. The molecule has 2 nitrogen and oxygen atoms in total. The molecule has 0 aliphatic rings. The average Bonchev–Trinajstić information content (AvgIpc) is 2.15. The van der Waals surface area contributed by atoms with E-state index in [9.17, 15) is 9.90 Å². The van der Waals surface area contributed by atoms with Crippen LogP contribution in [0, 0.1) is 0 Å². The monoisotopic (exact) mass is 224 g/mol. The van der Waals surface area contributed by atoms with Crippen molar-refractivity contribution < 1.29 is 28.8 Å². The molecule has 0 aromatic rings. The molecule has 0 heterocycles. The molecule has 0 bridgehead atoms. The molecule has 84 valence electrons. The Balaban J connectivity index is 0. The van der Waals surface area contributed by atoms with Crippen LogP contribution in [-0.4, -0.2) is 11.7 Å². The number of carbonyl (C=O) groups is 1. The summed E-state index contributed by atoms with van der Waals surface area (Å²) in [5.41, 5.74) is 0. The summed E-state index contributed by atoms with van der Waals surface area (Å²) in [6.07, 6.45) is 9.49. The van der Waals surface area contributed by atoms with Crippen LogP contribution in [0.25, 0.3) is 0 Å². The van der Waals surface area contributed by atoms with Gasteiger partial charge in [0.15, 0.2) is 0 Å². The molecule has 0 aromatic heterocycles. The number of aliphatic carboxylic acids is 1. The van der Waals surface area contributed by atoms with E-state index in [1.807, 2.05) is 0 Å². The standard InChI is InChI=1S/C11H22O2S.Li/c12-11(13)9-7-5-3-1-2-4-6-8-10-14;/h14H,1-10H2,(H,12,13);/q;+1/p-1. The molecule has 0 radical (unpaired) electrons. The molecule has 0 aliphatic carbocycles. The number of rotatable bonds is 10. The Bertz CT molecular complexity index is 143. The van der Waals surface area contributed by atoms with E-state index in [1.54, 1.807) is 0 Å². The van der Waals surface area contributed by atoms with Gasteiger partial charge in [0, 0.05) is 5.97 Å². The number of carboxylic acid groups (broad SMARTS) is 1. The molecule has 0 aromatic carbocycles. The fourth-order valence-corrected chi connectivity index (χ4v) is 1.67. The van der Waals surface area contributed by atoms with Crippen LogP contribution in [0.3, 0.4) is 0 Å². The molecule has 0 aliphatic heterocycles. The van der Waals surface area contributed by atoms with E-state index >= 15 is 0 Å². The number of unbranched alkanes of at least 4 members (excludes halogenated alkanes) is 7. The van der Waals surface area contributed by atoms with Gasteiger partial charge >= 0.3 is 18.9 Å². The van der Waals surface area contributed by atoms with Crippen LogP contribution in [-0.2, 0) is 4.79 Å². The third-order valence-electron chi connectivity index (χ3n) is 2.29. The summed E-state index contributed by atoms with van der Waals surface area (Å²) in [5, 5.41) is 10.1. The second kappa shape index (κ2) is 14.4. The van der Waals surface area contributed by atoms with Crippen molar-refractivity contribution in [3.05, 3.63) is 0 Å². The molecule has 0 fully saturated rings. The smallest absolute Gasteiger partial charge is 0.550 e. The molecule has 0 atom stereocenters. The predicted molar refractivity (Wildman–Crippen MR) is 60.4 cm³/mol. The first-order chi connectivity index (χ1) is 6.77. The minimum absolute atomic E-state index is 0. The molecule has 4 heteroatoms. The van der Waals surface area contributed by atoms with Gasteiger partial charge < -0.3 is 9.90 Å². The van der Waals surface area contributed by atoms with E-state index < -0.39 is 5.97 Å². The van der Waals surface area contributed by atoms with Gasteiger partial charge in [-0.25, -0.2) is 0 Å². The van der Waals surface area contributed by atoms with Gasteiger partial charge in [0.1, 0.15) is 0 Å². The zero-order valence-electron chi connectivity index (χ0n) is 9.83. The van der Waals surface area contributed by atoms with Crippen LogP contribution in [0.4, 0.5) is 0 Å². The van der Waals surface area contributed by atoms with Gasteiger partial charge in [-0.15, -0.1) is 0 Å². The first-order valence-corrected chi connectivity index (χ1v) is 6.21. The normalized spacial score (nSPS) is 9.67. The Hall–Kier alpha value is 0.417. The second-order valence-corrected chi connectivity index (χ2v) is 4.12. The maximum absolute atomic E-state index is 10.1. The second-order valence-electron chi connectivity index (χ2n) is 3.67. The van der Waals surface area contributed by atoms with Crippen LogP contribution in [0.2, 0.25) is 0 Å². The third kappa shape index (κ3) is 17.1. The van der Waals surface area contributed by atoms with Crippen molar-refractivity contribution in [2.45, 2.75) is 57.8 Å². The minimum Gasteiger partial charge on any atom is -0.550 e. The van der Waals surface area contributed by atoms with Crippen LogP contribution in [0.5, 0.6) is 0 Å². The van der Waals surface area contributed by atoms with Gasteiger partial charge in [0.2, 0.25) is 0 Å². The summed E-state index contributed by atoms with van der Waals surface area (Å²) in [6.45, 7) is 0. The van der Waals surface area contributed by atoms with Crippen LogP contribution in [0.15, 0.2) is 0 Å². The molecular weight excluding hydrogens is 203 g/mol. The van der Waals surface area contributed by atoms with Crippen molar-refractivity contribution in [2.24, 2.45) is 0 Å². The number of hydrogen-bond donors (Lipinski definition) is 1. The molecule has 0 saturated carbocycles. The van der Waals surface area contributed by atoms with Gasteiger partial charge in [0.05, 0.1) is 0 Å². The summed E-state index contributed by atoms with van der Waals surface area (Å²) < 4.78 is 0. The maximum atomic E-state index is 10.1. The van der Waals surface area contributed by atoms with Crippen molar-refractivity contribution in [1.82, 2.24) is 0 Å².